The highest BCUT2D eigenvalue weighted by molar-refractivity contribution is 7.09. The number of piperidine rings is 1. The van der Waals surface area contributed by atoms with Gasteiger partial charge in [-0.15, -0.1) is 11.3 Å². The minimum Gasteiger partial charge on any atom is -0.342 e. The van der Waals surface area contributed by atoms with Gasteiger partial charge in [0.15, 0.2) is 0 Å². The molecular weight excluding hydrogens is 318 g/mol. The Labute approximate surface area is 147 Å². The van der Waals surface area contributed by atoms with Crippen molar-refractivity contribution >= 4 is 17.2 Å². The zero-order chi connectivity index (χ0) is 16.9. The Morgan fingerprint density at radius 1 is 1.42 bits per heavy atom. The molecule has 0 bridgehead atoms. The first-order valence-electron chi connectivity index (χ1n) is 8.76. The lowest BCUT2D eigenvalue weighted by Crippen LogP contribution is -2.39. The molecule has 1 saturated heterocycles. The molecule has 1 aliphatic heterocycles. The van der Waals surface area contributed by atoms with Crippen LogP contribution in [0.2, 0.25) is 0 Å². The summed E-state index contributed by atoms with van der Waals surface area (Å²) in [4.78, 5) is 23.7. The van der Waals surface area contributed by atoms with Gasteiger partial charge < -0.3 is 4.90 Å². The topological polar surface area (TPSA) is 46.1 Å². The van der Waals surface area contributed by atoms with E-state index >= 15 is 0 Å². The second-order valence-corrected chi connectivity index (χ2v) is 7.65. The Balaban J connectivity index is 1.57. The molecule has 2 aromatic heterocycles. The number of thiazole rings is 1. The van der Waals surface area contributed by atoms with E-state index in [1.54, 1.807) is 17.5 Å². The molecule has 24 heavy (non-hydrogen) atoms. The third-order valence-electron chi connectivity index (χ3n) is 4.58. The Bertz CT molecular complexity index is 668. The Morgan fingerprint density at radius 3 is 3.00 bits per heavy atom. The van der Waals surface area contributed by atoms with Gasteiger partial charge >= 0.3 is 0 Å². The quantitative estimate of drug-likeness (QED) is 0.824. The van der Waals surface area contributed by atoms with Gasteiger partial charge in [0.2, 0.25) is 5.91 Å². The highest BCUT2D eigenvalue weighted by Gasteiger charge is 2.26. The molecule has 1 atom stereocenters. The summed E-state index contributed by atoms with van der Waals surface area (Å²) in [6.45, 7) is 6.03. The average Bonchev–Trinajstić information content (AvgIpc) is 3.11. The van der Waals surface area contributed by atoms with Crippen molar-refractivity contribution in [2.75, 3.05) is 13.1 Å². The predicted molar refractivity (Wildman–Crippen MR) is 97.3 cm³/mol. The highest BCUT2D eigenvalue weighted by atomic mass is 32.1. The first-order chi connectivity index (χ1) is 11.6. The Hall–Kier alpha value is -1.75. The number of likely N-dealkylation sites (tertiary alicyclic amines) is 1. The molecule has 128 valence electrons. The summed E-state index contributed by atoms with van der Waals surface area (Å²) in [7, 11) is 0. The molecule has 0 aliphatic carbocycles. The van der Waals surface area contributed by atoms with Gasteiger partial charge in [-0.05, 0) is 37.3 Å². The molecular formula is C19H25N3OS. The predicted octanol–water partition coefficient (Wildman–Crippen LogP) is 4.00. The van der Waals surface area contributed by atoms with Crippen LogP contribution in [0.15, 0.2) is 29.8 Å². The van der Waals surface area contributed by atoms with Crippen LogP contribution in [0.3, 0.4) is 0 Å². The fourth-order valence-electron chi connectivity index (χ4n) is 3.10. The number of aromatic nitrogens is 2. The van der Waals surface area contributed by atoms with Crippen LogP contribution < -0.4 is 0 Å². The van der Waals surface area contributed by atoms with E-state index < -0.39 is 0 Å². The van der Waals surface area contributed by atoms with Crippen LogP contribution in [0.4, 0.5) is 0 Å². The number of hydrogen-bond acceptors (Lipinski definition) is 4. The minimum absolute atomic E-state index is 0.242. The summed E-state index contributed by atoms with van der Waals surface area (Å²) < 4.78 is 0. The largest absolute Gasteiger partial charge is 0.342 e. The SMILES string of the molecule is CC(C)c1csc([C@@H]2CCCN(C(=O)CCc3ccccn3)C2)n1. The zero-order valence-corrected chi connectivity index (χ0v) is 15.3. The summed E-state index contributed by atoms with van der Waals surface area (Å²) in [5.74, 6) is 1.11. The molecule has 4 nitrogen and oxygen atoms in total. The van der Waals surface area contributed by atoms with Crippen molar-refractivity contribution in [1.29, 1.82) is 0 Å². The highest BCUT2D eigenvalue weighted by Crippen LogP contribution is 2.31. The molecule has 2 aromatic rings. The van der Waals surface area contributed by atoms with Crippen LogP contribution in [-0.4, -0.2) is 33.9 Å². The van der Waals surface area contributed by atoms with Crippen molar-refractivity contribution in [2.45, 2.75) is 51.4 Å². The van der Waals surface area contributed by atoms with Crippen molar-refractivity contribution in [2.24, 2.45) is 0 Å². The smallest absolute Gasteiger partial charge is 0.222 e. The monoisotopic (exact) mass is 343 g/mol. The molecule has 0 spiro atoms. The molecule has 0 unspecified atom stereocenters. The van der Waals surface area contributed by atoms with E-state index in [0.29, 0.717) is 18.3 Å². The van der Waals surface area contributed by atoms with Gasteiger partial charge in [0.25, 0.3) is 0 Å². The molecule has 0 N–H and O–H groups in total. The Morgan fingerprint density at radius 2 is 2.29 bits per heavy atom. The molecule has 1 fully saturated rings. The number of carbonyl (C=O) groups excluding carboxylic acids is 1. The summed E-state index contributed by atoms with van der Waals surface area (Å²) in [5, 5.41) is 3.36. The van der Waals surface area contributed by atoms with Crippen LogP contribution in [0.1, 0.15) is 61.3 Å². The van der Waals surface area contributed by atoms with Gasteiger partial charge in [-0.3, -0.25) is 9.78 Å². The Kier molecular flexibility index (Phi) is 5.61. The maximum absolute atomic E-state index is 12.5. The van der Waals surface area contributed by atoms with E-state index in [9.17, 15) is 4.79 Å². The normalized spacial score (nSPS) is 18.1. The molecule has 0 saturated carbocycles. The lowest BCUT2D eigenvalue weighted by atomic mass is 9.98. The number of amides is 1. The second-order valence-electron chi connectivity index (χ2n) is 6.77. The van der Waals surface area contributed by atoms with Crippen molar-refractivity contribution in [3.05, 3.63) is 46.2 Å². The summed E-state index contributed by atoms with van der Waals surface area (Å²) in [6.07, 6.45) is 5.24. The number of hydrogen-bond donors (Lipinski definition) is 0. The molecule has 3 heterocycles. The summed E-state index contributed by atoms with van der Waals surface area (Å²) in [5.41, 5.74) is 2.16. The molecule has 0 aromatic carbocycles. The fraction of sp³-hybridized carbons (Fsp3) is 0.526. The van der Waals surface area contributed by atoms with Crippen molar-refractivity contribution in [3.8, 4) is 0 Å². The lowest BCUT2D eigenvalue weighted by molar-refractivity contribution is -0.132. The maximum Gasteiger partial charge on any atom is 0.222 e. The number of rotatable bonds is 5. The van der Waals surface area contributed by atoms with Gasteiger partial charge in [-0.25, -0.2) is 4.98 Å². The van der Waals surface area contributed by atoms with Gasteiger partial charge in [0, 0.05) is 42.7 Å². The van der Waals surface area contributed by atoms with E-state index in [4.69, 9.17) is 4.98 Å². The molecule has 0 radical (unpaired) electrons. The van der Waals surface area contributed by atoms with E-state index in [1.165, 1.54) is 10.7 Å². The first-order valence-corrected chi connectivity index (χ1v) is 9.64. The van der Waals surface area contributed by atoms with Crippen LogP contribution in [0.25, 0.3) is 0 Å². The third kappa shape index (κ3) is 4.20. The van der Waals surface area contributed by atoms with Crippen molar-refractivity contribution in [1.82, 2.24) is 14.9 Å². The van der Waals surface area contributed by atoms with Gasteiger partial charge in [0.05, 0.1) is 10.7 Å². The first kappa shape index (κ1) is 17.1. The van der Waals surface area contributed by atoms with E-state index in [0.717, 1.165) is 38.0 Å². The van der Waals surface area contributed by atoms with Gasteiger partial charge in [-0.2, -0.15) is 0 Å². The second kappa shape index (κ2) is 7.88. The lowest BCUT2D eigenvalue weighted by Gasteiger charge is -2.32. The average molecular weight is 343 g/mol. The van der Waals surface area contributed by atoms with Crippen molar-refractivity contribution < 1.29 is 4.79 Å². The van der Waals surface area contributed by atoms with Crippen LogP contribution in [-0.2, 0) is 11.2 Å². The fourth-order valence-corrected chi connectivity index (χ4v) is 4.21. The van der Waals surface area contributed by atoms with Crippen LogP contribution in [0.5, 0.6) is 0 Å². The maximum atomic E-state index is 12.5. The van der Waals surface area contributed by atoms with Crippen molar-refractivity contribution in [3.63, 3.8) is 0 Å². The summed E-state index contributed by atoms with van der Waals surface area (Å²) >= 11 is 1.75. The number of pyridine rings is 1. The minimum atomic E-state index is 0.242. The molecule has 5 heteroatoms. The van der Waals surface area contributed by atoms with Crippen LogP contribution in [0, 0.1) is 0 Å². The molecule has 3 rings (SSSR count). The molecule has 1 aliphatic rings. The summed E-state index contributed by atoms with van der Waals surface area (Å²) in [6, 6.07) is 5.85. The molecule has 1 amide bonds. The van der Waals surface area contributed by atoms with Crippen LogP contribution >= 0.6 is 11.3 Å². The van der Waals surface area contributed by atoms with Gasteiger partial charge in [0.1, 0.15) is 0 Å². The number of aryl methyl sites for hydroxylation is 1. The van der Waals surface area contributed by atoms with E-state index in [-0.39, 0.29) is 5.91 Å². The number of nitrogens with zero attached hydrogens (tertiary/aromatic N) is 3. The standard InChI is InChI=1S/C19H25N3OS/c1-14(2)17-13-24-19(21-17)15-6-5-11-22(12-15)18(23)9-8-16-7-3-4-10-20-16/h3-4,7,10,13-15H,5-6,8-9,11-12H2,1-2H3/t15-/m1/s1. The number of carbonyl (C=O) groups is 1. The third-order valence-corrected chi connectivity index (χ3v) is 5.60. The van der Waals surface area contributed by atoms with E-state index in [1.807, 2.05) is 23.1 Å². The van der Waals surface area contributed by atoms with Gasteiger partial charge in [-0.1, -0.05) is 19.9 Å². The van der Waals surface area contributed by atoms with E-state index in [2.05, 4.69) is 24.2 Å². The zero-order valence-electron chi connectivity index (χ0n) is 14.4.